The fourth-order valence-corrected chi connectivity index (χ4v) is 5.31. The summed E-state index contributed by atoms with van der Waals surface area (Å²) in [6.45, 7) is 1.96. The van der Waals surface area contributed by atoms with Crippen molar-refractivity contribution in [1.82, 2.24) is 9.55 Å². The fourth-order valence-electron chi connectivity index (χ4n) is 5.31. The molecule has 0 saturated heterocycles. The molecule has 30 heavy (non-hydrogen) atoms. The molecule has 0 radical (unpaired) electrons. The summed E-state index contributed by atoms with van der Waals surface area (Å²) < 4.78 is 6.81. The van der Waals surface area contributed by atoms with Crippen LogP contribution in [-0.2, 0) is 34.7 Å². The van der Waals surface area contributed by atoms with Gasteiger partial charge in [0.05, 0.1) is 29.0 Å². The molecule has 6 rings (SSSR count). The van der Waals surface area contributed by atoms with E-state index in [4.69, 9.17) is 15.5 Å². The second kappa shape index (κ2) is 5.77. The van der Waals surface area contributed by atoms with E-state index >= 15 is 0 Å². The molecule has 3 aliphatic rings. The molecule has 7 nitrogen and oxygen atoms in total. The molecule has 152 valence electrons. The highest BCUT2D eigenvalue weighted by Gasteiger charge is 2.45. The number of carbonyl (C=O) groups is 1. The Bertz CT molecular complexity index is 1340. The summed E-state index contributed by atoms with van der Waals surface area (Å²) in [5.74, 6) is -0.715. The van der Waals surface area contributed by atoms with Crippen LogP contribution in [0.15, 0.2) is 29.1 Å². The molecule has 0 amide bonds. The van der Waals surface area contributed by atoms with Gasteiger partial charge in [0, 0.05) is 22.6 Å². The standard InChI is InChI=1S/C23H21N3O4/c1-2-23(29)14-8-17-20-12(9-26(17)21(27)13(14)10-30-22(23)28)19-15(24)7-6-11-4-3-5-16(25-20)18(11)19/h3-5,8,15,29H,2,6-7,9-10,24H2,1H3/t15?,23-/m0/s1. The van der Waals surface area contributed by atoms with Crippen molar-refractivity contribution >= 4 is 16.9 Å². The zero-order chi connectivity index (χ0) is 20.8. The van der Waals surface area contributed by atoms with Gasteiger partial charge in [-0.05, 0) is 42.5 Å². The van der Waals surface area contributed by atoms with Gasteiger partial charge in [0.1, 0.15) is 6.61 Å². The van der Waals surface area contributed by atoms with Gasteiger partial charge in [0.2, 0.25) is 0 Å². The van der Waals surface area contributed by atoms with E-state index in [2.05, 4.69) is 6.07 Å². The number of aryl methyl sites for hydroxylation is 1. The summed E-state index contributed by atoms with van der Waals surface area (Å²) in [5.41, 5.74) is 10.6. The van der Waals surface area contributed by atoms with Crippen LogP contribution in [0.3, 0.4) is 0 Å². The lowest BCUT2D eigenvalue weighted by Gasteiger charge is -2.31. The van der Waals surface area contributed by atoms with E-state index in [1.165, 1.54) is 5.56 Å². The Kier molecular flexibility index (Phi) is 3.42. The Morgan fingerprint density at radius 3 is 2.97 bits per heavy atom. The number of hydrogen-bond acceptors (Lipinski definition) is 6. The summed E-state index contributed by atoms with van der Waals surface area (Å²) in [4.78, 5) is 30.6. The number of rotatable bonds is 1. The van der Waals surface area contributed by atoms with Gasteiger partial charge in [-0.25, -0.2) is 9.78 Å². The van der Waals surface area contributed by atoms with Gasteiger partial charge in [0.25, 0.3) is 5.56 Å². The zero-order valence-corrected chi connectivity index (χ0v) is 16.6. The number of aromatic nitrogens is 2. The van der Waals surface area contributed by atoms with Crippen LogP contribution in [0.1, 0.15) is 53.6 Å². The third-order valence-electron chi connectivity index (χ3n) is 6.94. The average molecular weight is 403 g/mol. The molecule has 3 aromatic rings. The Morgan fingerprint density at radius 2 is 2.17 bits per heavy atom. The molecule has 4 heterocycles. The number of nitrogens with two attached hydrogens (primary N) is 1. The molecular formula is C23H21N3O4. The summed E-state index contributed by atoms with van der Waals surface area (Å²) in [6.07, 6.45) is 1.89. The quantitative estimate of drug-likeness (QED) is 0.471. The molecule has 0 bridgehead atoms. The molecule has 1 aliphatic carbocycles. The minimum atomic E-state index is -1.82. The Morgan fingerprint density at radius 1 is 1.33 bits per heavy atom. The Balaban J connectivity index is 1.69. The van der Waals surface area contributed by atoms with Crippen LogP contribution in [0.25, 0.3) is 22.3 Å². The van der Waals surface area contributed by atoms with Crippen LogP contribution >= 0.6 is 0 Å². The smallest absolute Gasteiger partial charge is 0.343 e. The van der Waals surface area contributed by atoms with E-state index in [9.17, 15) is 14.7 Å². The van der Waals surface area contributed by atoms with E-state index < -0.39 is 11.6 Å². The first-order valence-electron chi connectivity index (χ1n) is 10.3. The minimum absolute atomic E-state index is 0.115. The second-order valence-electron chi connectivity index (χ2n) is 8.41. The Hall–Kier alpha value is -3.03. The van der Waals surface area contributed by atoms with Crippen molar-refractivity contribution in [2.75, 3.05) is 0 Å². The second-order valence-corrected chi connectivity index (χ2v) is 8.41. The molecule has 2 aromatic heterocycles. The number of ether oxygens (including phenoxy) is 1. The first kappa shape index (κ1) is 17.8. The van der Waals surface area contributed by atoms with Crippen molar-refractivity contribution in [3.8, 4) is 11.4 Å². The van der Waals surface area contributed by atoms with Gasteiger partial charge in [-0.2, -0.15) is 0 Å². The number of aliphatic hydroxyl groups is 1. The maximum Gasteiger partial charge on any atom is 0.343 e. The van der Waals surface area contributed by atoms with Crippen LogP contribution in [-0.4, -0.2) is 20.6 Å². The number of fused-ring (bicyclic) bond motifs is 5. The SMILES string of the molecule is CC[C@@]1(O)C(=O)OCc2c1cc1n(c2=O)Cc2c-1nc1cccc3c1c2C(N)CC3. The Labute approximate surface area is 172 Å². The normalized spacial score (nSPS) is 23.7. The van der Waals surface area contributed by atoms with E-state index in [-0.39, 0.29) is 24.6 Å². The first-order valence-corrected chi connectivity index (χ1v) is 10.3. The lowest BCUT2D eigenvalue weighted by Crippen LogP contribution is -2.44. The highest BCUT2D eigenvalue weighted by Crippen LogP contribution is 2.44. The molecule has 0 spiro atoms. The molecule has 3 N–H and O–H groups in total. The van der Waals surface area contributed by atoms with Gasteiger partial charge >= 0.3 is 5.97 Å². The minimum Gasteiger partial charge on any atom is -0.458 e. The predicted octanol–water partition coefficient (Wildman–Crippen LogP) is 2.03. The lowest BCUT2D eigenvalue weighted by molar-refractivity contribution is -0.172. The number of benzene rings is 1. The van der Waals surface area contributed by atoms with Crippen LogP contribution in [0.5, 0.6) is 0 Å². The van der Waals surface area contributed by atoms with Gasteiger partial charge in [-0.15, -0.1) is 0 Å². The van der Waals surface area contributed by atoms with Crippen molar-refractivity contribution in [2.24, 2.45) is 5.73 Å². The number of cyclic esters (lactones) is 1. The van der Waals surface area contributed by atoms with Crippen LogP contribution in [0.2, 0.25) is 0 Å². The van der Waals surface area contributed by atoms with Gasteiger partial charge in [-0.1, -0.05) is 19.1 Å². The van der Waals surface area contributed by atoms with Gasteiger partial charge in [0.15, 0.2) is 5.60 Å². The van der Waals surface area contributed by atoms with E-state index in [1.54, 1.807) is 17.6 Å². The monoisotopic (exact) mass is 403 g/mol. The van der Waals surface area contributed by atoms with Crippen molar-refractivity contribution in [3.63, 3.8) is 0 Å². The van der Waals surface area contributed by atoms with Crippen LogP contribution in [0, 0.1) is 0 Å². The number of esters is 1. The zero-order valence-electron chi connectivity index (χ0n) is 16.6. The van der Waals surface area contributed by atoms with Crippen molar-refractivity contribution in [1.29, 1.82) is 0 Å². The van der Waals surface area contributed by atoms with Crippen molar-refractivity contribution in [3.05, 3.63) is 62.4 Å². The van der Waals surface area contributed by atoms with Crippen LogP contribution in [0.4, 0.5) is 0 Å². The highest BCUT2D eigenvalue weighted by molar-refractivity contribution is 5.92. The maximum absolute atomic E-state index is 13.3. The largest absolute Gasteiger partial charge is 0.458 e. The fraction of sp³-hybridized carbons (Fsp3) is 0.348. The third-order valence-corrected chi connectivity index (χ3v) is 6.94. The number of hydrogen-bond donors (Lipinski definition) is 2. The van der Waals surface area contributed by atoms with Crippen LogP contribution < -0.4 is 11.3 Å². The number of nitrogens with zero attached hydrogens (tertiary/aromatic N) is 2. The molecular weight excluding hydrogens is 382 g/mol. The predicted molar refractivity (Wildman–Crippen MR) is 110 cm³/mol. The molecule has 1 aromatic carbocycles. The van der Waals surface area contributed by atoms with Crippen molar-refractivity contribution < 1.29 is 14.6 Å². The molecule has 1 unspecified atom stereocenters. The van der Waals surface area contributed by atoms with Gasteiger partial charge in [-0.3, -0.25) is 4.79 Å². The lowest BCUT2D eigenvalue weighted by atomic mass is 9.84. The average Bonchev–Trinajstić information content (AvgIpc) is 3.12. The van der Waals surface area contributed by atoms with E-state index in [1.807, 2.05) is 12.1 Å². The molecule has 0 fully saturated rings. The topological polar surface area (TPSA) is 107 Å². The third kappa shape index (κ3) is 2.03. The molecule has 0 saturated carbocycles. The van der Waals surface area contributed by atoms with E-state index in [0.29, 0.717) is 29.1 Å². The maximum atomic E-state index is 13.3. The van der Waals surface area contributed by atoms with Gasteiger partial charge < -0.3 is 20.1 Å². The summed E-state index contributed by atoms with van der Waals surface area (Å²) in [6, 6.07) is 7.72. The number of carbonyl (C=O) groups excluding carboxylic acids is 1. The molecule has 7 heteroatoms. The summed E-state index contributed by atoms with van der Waals surface area (Å²) in [7, 11) is 0. The number of pyridine rings is 2. The summed E-state index contributed by atoms with van der Waals surface area (Å²) in [5, 5.41) is 12.1. The summed E-state index contributed by atoms with van der Waals surface area (Å²) >= 11 is 0. The highest BCUT2D eigenvalue weighted by atomic mass is 16.6. The van der Waals surface area contributed by atoms with E-state index in [0.717, 1.165) is 34.9 Å². The molecule has 2 atom stereocenters. The molecule has 2 aliphatic heterocycles. The first-order chi connectivity index (χ1) is 14.4. The van der Waals surface area contributed by atoms with Crippen molar-refractivity contribution in [2.45, 2.75) is 51.0 Å².